The molecule has 0 spiro atoms. The summed E-state index contributed by atoms with van der Waals surface area (Å²) in [6, 6.07) is 9.69. The van der Waals surface area contributed by atoms with Gasteiger partial charge in [-0.1, -0.05) is 17.7 Å². The molecule has 0 unspecified atom stereocenters. The normalized spacial score (nSPS) is 10.1. The Morgan fingerprint density at radius 1 is 1.04 bits per heavy atom. The number of amides is 1. The van der Waals surface area contributed by atoms with Gasteiger partial charge >= 0.3 is 5.97 Å². The SMILES string of the molecule is COc1ccc(CNC(=O)c2ccc(Cl)cc2OCC(=O)O)cc1OC. The van der Waals surface area contributed by atoms with E-state index in [1.54, 1.807) is 25.3 Å². The summed E-state index contributed by atoms with van der Waals surface area (Å²) in [5, 5.41) is 11.8. The molecule has 7 nitrogen and oxygen atoms in total. The van der Waals surface area contributed by atoms with Gasteiger partial charge in [0.05, 0.1) is 19.8 Å². The molecule has 0 saturated heterocycles. The van der Waals surface area contributed by atoms with Gasteiger partial charge in [-0.2, -0.15) is 0 Å². The Bertz CT molecular complexity index is 808. The van der Waals surface area contributed by atoms with Crippen molar-refractivity contribution in [3.05, 3.63) is 52.5 Å². The molecule has 0 fully saturated rings. The van der Waals surface area contributed by atoms with Gasteiger partial charge in [0.15, 0.2) is 18.1 Å². The van der Waals surface area contributed by atoms with Gasteiger partial charge < -0.3 is 24.6 Å². The zero-order valence-electron chi connectivity index (χ0n) is 14.2. The Hall–Kier alpha value is -2.93. The molecule has 0 saturated carbocycles. The topological polar surface area (TPSA) is 94.1 Å². The molecule has 26 heavy (non-hydrogen) atoms. The second kappa shape index (κ2) is 8.96. The van der Waals surface area contributed by atoms with Crippen molar-refractivity contribution in [2.24, 2.45) is 0 Å². The third kappa shape index (κ3) is 5.03. The number of carbonyl (C=O) groups excluding carboxylic acids is 1. The first-order valence-electron chi connectivity index (χ1n) is 7.58. The van der Waals surface area contributed by atoms with E-state index >= 15 is 0 Å². The highest BCUT2D eigenvalue weighted by atomic mass is 35.5. The van der Waals surface area contributed by atoms with Gasteiger partial charge in [-0.3, -0.25) is 4.79 Å². The van der Waals surface area contributed by atoms with Crippen molar-refractivity contribution in [3.63, 3.8) is 0 Å². The van der Waals surface area contributed by atoms with E-state index in [1.807, 2.05) is 0 Å². The van der Waals surface area contributed by atoms with E-state index < -0.39 is 18.5 Å². The fourth-order valence-electron chi connectivity index (χ4n) is 2.21. The van der Waals surface area contributed by atoms with Gasteiger partial charge in [0.25, 0.3) is 5.91 Å². The van der Waals surface area contributed by atoms with Crippen LogP contribution in [0.25, 0.3) is 0 Å². The maximum atomic E-state index is 12.4. The number of hydrogen-bond donors (Lipinski definition) is 2. The van der Waals surface area contributed by atoms with E-state index in [4.69, 9.17) is 30.9 Å². The molecule has 0 bridgehead atoms. The van der Waals surface area contributed by atoms with Crippen LogP contribution >= 0.6 is 11.6 Å². The number of carbonyl (C=O) groups is 2. The summed E-state index contributed by atoms with van der Waals surface area (Å²) >= 11 is 5.89. The number of ether oxygens (including phenoxy) is 3. The lowest BCUT2D eigenvalue weighted by Gasteiger charge is -2.12. The van der Waals surface area contributed by atoms with Crippen LogP contribution in [0.2, 0.25) is 5.02 Å². The number of hydrogen-bond acceptors (Lipinski definition) is 5. The van der Waals surface area contributed by atoms with Crippen molar-refractivity contribution < 1.29 is 28.9 Å². The largest absolute Gasteiger partial charge is 0.493 e. The predicted octanol–water partition coefficient (Wildman–Crippen LogP) is 2.75. The summed E-state index contributed by atoms with van der Waals surface area (Å²) in [4.78, 5) is 23.1. The second-order valence-corrected chi connectivity index (χ2v) is 5.63. The first kappa shape index (κ1) is 19.4. The molecule has 138 valence electrons. The number of nitrogens with one attached hydrogen (secondary N) is 1. The third-order valence-electron chi connectivity index (χ3n) is 3.44. The van der Waals surface area contributed by atoms with E-state index in [-0.39, 0.29) is 17.9 Å². The molecule has 2 rings (SSSR count). The van der Waals surface area contributed by atoms with Crippen molar-refractivity contribution in [3.8, 4) is 17.2 Å². The Labute approximate surface area is 155 Å². The maximum absolute atomic E-state index is 12.4. The predicted molar refractivity (Wildman–Crippen MR) is 95.3 cm³/mol. The van der Waals surface area contributed by atoms with E-state index in [1.165, 1.54) is 25.3 Å². The fourth-order valence-corrected chi connectivity index (χ4v) is 2.37. The molecule has 2 aromatic rings. The highest BCUT2D eigenvalue weighted by Gasteiger charge is 2.15. The minimum Gasteiger partial charge on any atom is -0.493 e. The number of halogens is 1. The monoisotopic (exact) mass is 379 g/mol. The number of aliphatic carboxylic acids is 1. The van der Waals surface area contributed by atoms with Crippen LogP contribution in [0.5, 0.6) is 17.2 Å². The van der Waals surface area contributed by atoms with E-state index in [9.17, 15) is 9.59 Å². The molecule has 2 N–H and O–H groups in total. The van der Waals surface area contributed by atoms with Crippen molar-refractivity contribution in [1.82, 2.24) is 5.32 Å². The number of carboxylic acids is 1. The van der Waals surface area contributed by atoms with E-state index in [2.05, 4.69) is 5.32 Å². The number of methoxy groups -OCH3 is 2. The maximum Gasteiger partial charge on any atom is 0.341 e. The van der Waals surface area contributed by atoms with Crippen molar-refractivity contribution in [1.29, 1.82) is 0 Å². The minimum absolute atomic E-state index is 0.102. The van der Waals surface area contributed by atoms with Crippen LogP contribution in [-0.4, -0.2) is 37.8 Å². The summed E-state index contributed by atoms with van der Waals surface area (Å²) in [5.74, 6) is -0.330. The summed E-state index contributed by atoms with van der Waals surface area (Å²) in [6.45, 7) is -0.337. The van der Waals surface area contributed by atoms with Crippen LogP contribution in [0.4, 0.5) is 0 Å². The van der Waals surface area contributed by atoms with Crippen molar-refractivity contribution in [2.45, 2.75) is 6.54 Å². The lowest BCUT2D eigenvalue weighted by molar-refractivity contribution is -0.139. The average Bonchev–Trinajstić information content (AvgIpc) is 2.64. The molecule has 0 aliphatic rings. The average molecular weight is 380 g/mol. The molecule has 1 amide bonds. The van der Waals surface area contributed by atoms with Gasteiger partial charge in [-0.15, -0.1) is 0 Å². The molecular formula is C18H18ClNO6. The standard InChI is InChI=1S/C18H18ClNO6/c1-24-14-6-3-11(7-16(14)25-2)9-20-18(23)13-5-4-12(19)8-15(13)26-10-17(21)22/h3-8H,9-10H2,1-2H3,(H,20,23)(H,21,22). The van der Waals surface area contributed by atoms with Crippen LogP contribution in [-0.2, 0) is 11.3 Å². The first-order chi connectivity index (χ1) is 12.4. The summed E-state index contributed by atoms with van der Waals surface area (Å²) < 4.78 is 15.5. The van der Waals surface area contributed by atoms with Crippen LogP contribution in [0.1, 0.15) is 15.9 Å². The summed E-state index contributed by atoms with van der Waals surface area (Å²) in [7, 11) is 3.07. The van der Waals surface area contributed by atoms with E-state index in [0.717, 1.165) is 5.56 Å². The van der Waals surface area contributed by atoms with Crippen LogP contribution in [0.15, 0.2) is 36.4 Å². The van der Waals surface area contributed by atoms with Crippen molar-refractivity contribution >= 4 is 23.5 Å². The molecule has 8 heteroatoms. The first-order valence-corrected chi connectivity index (χ1v) is 7.95. The Morgan fingerprint density at radius 3 is 2.42 bits per heavy atom. The Balaban J connectivity index is 2.11. The van der Waals surface area contributed by atoms with Crippen LogP contribution in [0.3, 0.4) is 0 Å². The number of benzene rings is 2. The lowest BCUT2D eigenvalue weighted by Crippen LogP contribution is -2.24. The van der Waals surface area contributed by atoms with Gasteiger partial charge in [0.1, 0.15) is 5.75 Å². The summed E-state index contributed by atoms with van der Waals surface area (Å²) in [5.41, 5.74) is 0.995. The van der Waals surface area contributed by atoms with Gasteiger partial charge in [0, 0.05) is 11.6 Å². The molecule has 0 aliphatic heterocycles. The zero-order valence-corrected chi connectivity index (χ0v) is 15.0. The highest BCUT2D eigenvalue weighted by molar-refractivity contribution is 6.30. The van der Waals surface area contributed by atoms with Crippen LogP contribution < -0.4 is 19.5 Å². The quantitative estimate of drug-likeness (QED) is 0.732. The molecular weight excluding hydrogens is 362 g/mol. The van der Waals surface area contributed by atoms with Gasteiger partial charge in [0.2, 0.25) is 0 Å². The van der Waals surface area contributed by atoms with Crippen molar-refractivity contribution in [2.75, 3.05) is 20.8 Å². The molecule has 0 aromatic heterocycles. The zero-order chi connectivity index (χ0) is 19.1. The Kier molecular flexibility index (Phi) is 6.68. The molecule has 2 aromatic carbocycles. The highest BCUT2D eigenvalue weighted by Crippen LogP contribution is 2.28. The molecule has 0 aliphatic carbocycles. The minimum atomic E-state index is -1.15. The molecule has 0 atom stereocenters. The van der Waals surface area contributed by atoms with Crippen LogP contribution in [0, 0.1) is 0 Å². The molecule has 0 radical (unpaired) electrons. The number of rotatable bonds is 8. The van der Waals surface area contributed by atoms with Gasteiger partial charge in [-0.25, -0.2) is 4.79 Å². The van der Waals surface area contributed by atoms with E-state index in [0.29, 0.717) is 16.5 Å². The Morgan fingerprint density at radius 2 is 1.77 bits per heavy atom. The number of carboxylic acid groups (broad SMARTS) is 1. The second-order valence-electron chi connectivity index (χ2n) is 5.19. The fraction of sp³-hybridized carbons (Fsp3) is 0.222. The summed E-state index contributed by atoms with van der Waals surface area (Å²) in [6.07, 6.45) is 0. The lowest BCUT2D eigenvalue weighted by atomic mass is 10.1. The van der Waals surface area contributed by atoms with Gasteiger partial charge in [-0.05, 0) is 35.9 Å². The smallest absolute Gasteiger partial charge is 0.341 e. The third-order valence-corrected chi connectivity index (χ3v) is 3.68. The molecule has 0 heterocycles.